The average molecular weight is 373 g/mol. The zero-order valence-corrected chi connectivity index (χ0v) is 12.3. The van der Waals surface area contributed by atoms with E-state index in [0.717, 1.165) is 5.56 Å². The molecule has 0 unspecified atom stereocenters. The summed E-state index contributed by atoms with van der Waals surface area (Å²) in [5.41, 5.74) is 0.925. The van der Waals surface area contributed by atoms with Gasteiger partial charge in [-0.15, -0.1) is 5.10 Å². The first kappa shape index (κ1) is 13.7. The van der Waals surface area contributed by atoms with Crippen molar-refractivity contribution in [3.8, 4) is 5.88 Å². The Morgan fingerprint density at radius 2 is 2.16 bits per heavy atom. The Kier molecular flexibility index (Phi) is 4.61. The molecule has 100 valence electrons. The molecule has 7 heteroatoms. The monoisotopic (exact) mass is 373 g/mol. The third-order valence-corrected chi connectivity index (χ3v) is 3.31. The van der Waals surface area contributed by atoms with Crippen LogP contribution in [-0.4, -0.2) is 23.4 Å². The zero-order valence-electron chi connectivity index (χ0n) is 10.1. The van der Waals surface area contributed by atoms with Gasteiger partial charge in [-0.05, 0) is 28.2 Å². The summed E-state index contributed by atoms with van der Waals surface area (Å²) < 4.78 is 10.8. The molecular weight excluding hydrogens is 361 g/mol. The molecule has 1 aromatic heterocycles. The summed E-state index contributed by atoms with van der Waals surface area (Å²) >= 11 is 2.02. The van der Waals surface area contributed by atoms with Gasteiger partial charge < -0.3 is 9.47 Å². The van der Waals surface area contributed by atoms with Crippen molar-refractivity contribution in [1.29, 1.82) is 0 Å². The summed E-state index contributed by atoms with van der Waals surface area (Å²) in [6, 6.07) is 9.45. The van der Waals surface area contributed by atoms with Gasteiger partial charge in [0.1, 0.15) is 16.0 Å². The molecule has 2 N–H and O–H groups in total. The van der Waals surface area contributed by atoms with Crippen molar-refractivity contribution in [1.82, 2.24) is 10.2 Å². The minimum Gasteiger partial charge on any atom is -0.479 e. The summed E-state index contributed by atoms with van der Waals surface area (Å²) in [5, 5.41) is 9.11. The molecule has 0 bridgehead atoms. The second kappa shape index (κ2) is 6.41. The van der Waals surface area contributed by atoms with Gasteiger partial charge in [0, 0.05) is 0 Å². The van der Waals surface area contributed by atoms with E-state index in [1.165, 1.54) is 7.11 Å². The number of rotatable bonds is 4. The normalized spacial score (nSPS) is 10.0. The number of anilines is 1. The molecule has 2 rings (SSSR count). The molecule has 0 aliphatic heterocycles. The summed E-state index contributed by atoms with van der Waals surface area (Å²) in [7, 11) is 1.51. The molecule has 0 saturated heterocycles. The number of ether oxygens (including phenoxy) is 2. The predicted octanol–water partition coefficient (Wildman–Crippen LogP) is 2.77. The average Bonchev–Trinajstić information content (AvgIpc) is 2.78. The molecule has 0 spiro atoms. The molecule has 6 nitrogen and oxygen atoms in total. The lowest BCUT2D eigenvalue weighted by Gasteiger charge is -2.05. The van der Waals surface area contributed by atoms with Crippen molar-refractivity contribution in [2.24, 2.45) is 0 Å². The molecule has 2 aromatic rings. The summed E-state index contributed by atoms with van der Waals surface area (Å²) in [6.45, 7) is 0.217. The van der Waals surface area contributed by atoms with Crippen molar-refractivity contribution in [3.63, 3.8) is 0 Å². The first-order valence-corrected chi connectivity index (χ1v) is 6.54. The first-order valence-electron chi connectivity index (χ1n) is 5.46. The van der Waals surface area contributed by atoms with Gasteiger partial charge in [-0.2, -0.15) is 0 Å². The van der Waals surface area contributed by atoms with Crippen LogP contribution in [-0.2, 0) is 11.3 Å². The number of carbonyl (C=O) groups is 1. The zero-order chi connectivity index (χ0) is 13.7. The summed E-state index contributed by atoms with van der Waals surface area (Å²) in [4.78, 5) is 11.6. The van der Waals surface area contributed by atoms with Crippen molar-refractivity contribution in [3.05, 3.63) is 39.5 Å². The first-order chi connectivity index (χ1) is 9.20. The number of methoxy groups -OCH3 is 1. The lowest BCUT2D eigenvalue weighted by Crippen LogP contribution is -2.14. The van der Waals surface area contributed by atoms with Crippen LogP contribution in [0.2, 0.25) is 0 Å². The molecule has 0 atom stereocenters. The van der Waals surface area contributed by atoms with E-state index in [1.54, 1.807) is 0 Å². The lowest BCUT2D eigenvalue weighted by molar-refractivity contribution is 0.155. The number of halogens is 1. The van der Waals surface area contributed by atoms with Crippen molar-refractivity contribution in [2.45, 2.75) is 6.61 Å². The highest BCUT2D eigenvalue weighted by atomic mass is 127. The molecule has 1 amide bonds. The van der Waals surface area contributed by atoms with Crippen molar-refractivity contribution < 1.29 is 14.3 Å². The number of amides is 1. The second-order valence-corrected chi connectivity index (χ2v) is 4.69. The number of hydrogen-bond acceptors (Lipinski definition) is 4. The van der Waals surface area contributed by atoms with Crippen LogP contribution in [0.5, 0.6) is 5.88 Å². The minimum absolute atomic E-state index is 0.217. The SMILES string of the molecule is COc1n[nH]c(NC(=O)OCc2ccccc2)c1I. The maximum atomic E-state index is 11.6. The maximum absolute atomic E-state index is 11.6. The Balaban J connectivity index is 1.89. The number of H-pyrrole nitrogens is 1. The van der Waals surface area contributed by atoms with Gasteiger partial charge in [0.15, 0.2) is 0 Å². The molecular formula is C12H12IN3O3. The standard InChI is InChI=1S/C12H12IN3O3/c1-18-11-9(13)10(15-16-11)14-12(17)19-7-8-5-3-2-4-6-8/h2-6H,7H2,1H3,(H2,14,15,16,17). The number of nitrogens with one attached hydrogen (secondary N) is 2. The van der Waals surface area contributed by atoms with Crippen LogP contribution in [0.3, 0.4) is 0 Å². The van der Waals surface area contributed by atoms with E-state index < -0.39 is 6.09 Å². The van der Waals surface area contributed by atoms with Gasteiger partial charge in [0.2, 0.25) is 5.88 Å². The molecule has 19 heavy (non-hydrogen) atoms. The van der Waals surface area contributed by atoms with Gasteiger partial charge >= 0.3 is 6.09 Å². The van der Waals surface area contributed by atoms with E-state index in [2.05, 4.69) is 15.5 Å². The molecule has 0 aliphatic rings. The molecule has 0 fully saturated rings. The lowest BCUT2D eigenvalue weighted by atomic mass is 10.2. The number of benzene rings is 1. The predicted molar refractivity (Wildman–Crippen MR) is 78.1 cm³/mol. The van der Waals surface area contributed by atoms with E-state index in [-0.39, 0.29) is 6.61 Å². The summed E-state index contributed by atoms with van der Waals surface area (Å²) in [5.74, 6) is 0.884. The topological polar surface area (TPSA) is 76.2 Å². The maximum Gasteiger partial charge on any atom is 0.413 e. The van der Waals surface area contributed by atoms with Crippen LogP contribution in [0.25, 0.3) is 0 Å². The fraction of sp³-hybridized carbons (Fsp3) is 0.167. The second-order valence-electron chi connectivity index (χ2n) is 3.61. The van der Waals surface area contributed by atoms with Gasteiger partial charge in [-0.1, -0.05) is 30.3 Å². The smallest absolute Gasteiger partial charge is 0.413 e. The number of nitrogens with zero attached hydrogens (tertiary/aromatic N) is 1. The molecule has 0 radical (unpaired) electrons. The third kappa shape index (κ3) is 3.60. The van der Waals surface area contributed by atoms with Crippen LogP contribution in [0.1, 0.15) is 5.56 Å². The van der Waals surface area contributed by atoms with Gasteiger partial charge in [0.05, 0.1) is 7.11 Å². The number of carbonyl (C=O) groups excluding carboxylic acids is 1. The van der Waals surface area contributed by atoms with Crippen molar-refractivity contribution >= 4 is 34.5 Å². The Hall–Kier alpha value is -1.77. The molecule has 1 aromatic carbocycles. The van der Waals surface area contributed by atoms with Crippen LogP contribution >= 0.6 is 22.6 Å². The largest absolute Gasteiger partial charge is 0.479 e. The molecule has 0 saturated carbocycles. The van der Waals surface area contributed by atoms with E-state index in [1.807, 2.05) is 52.9 Å². The fourth-order valence-corrected chi connectivity index (χ4v) is 1.99. The number of hydrogen-bond donors (Lipinski definition) is 2. The van der Waals surface area contributed by atoms with Crippen LogP contribution in [0.15, 0.2) is 30.3 Å². The molecule has 1 heterocycles. The fourth-order valence-electron chi connectivity index (χ4n) is 1.39. The third-order valence-electron chi connectivity index (χ3n) is 2.31. The number of aromatic nitrogens is 2. The van der Waals surface area contributed by atoms with Crippen LogP contribution < -0.4 is 10.1 Å². The Labute approximate surface area is 123 Å². The Bertz CT molecular complexity index is 557. The molecule has 0 aliphatic carbocycles. The Morgan fingerprint density at radius 3 is 2.79 bits per heavy atom. The quantitative estimate of drug-likeness (QED) is 0.809. The van der Waals surface area contributed by atoms with Gasteiger partial charge in [-0.3, -0.25) is 10.4 Å². The van der Waals surface area contributed by atoms with E-state index in [0.29, 0.717) is 15.3 Å². The van der Waals surface area contributed by atoms with Crippen molar-refractivity contribution in [2.75, 3.05) is 12.4 Å². The van der Waals surface area contributed by atoms with Crippen LogP contribution in [0.4, 0.5) is 10.6 Å². The Morgan fingerprint density at radius 1 is 1.42 bits per heavy atom. The van der Waals surface area contributed by atoms with Gasteiger partial charge in [-0.25, -0.2) is 4.79 Å². The highest BCUT2D eigenvalue weighted by Crippen LogP contribution is 2.24. The summed E-state index contributed by atoms with van der Waals surface area (Å²) in [6.07, 6.45) is -0.548. The van der Waals surface area contributed by atoms with Gasteiger partial charge in [0.25, 0.3) is 0 Å². The van der Waals surface area contributed by atoms with E-state index in [4.69, 9.17) is 9.47 Å². The van der Waals surface area contributed by atoms with Crippen LogP contribution in [0, 0.1) is 3.57 Å². The van der Waals surface area contributed by atoms with E-state index in [9.17, 15) is 4.79 Å². The van der Waals surface area contributed by atoms with E-state index >= 15 is 0 Å². The minimum atomic E-state index is -0.548. The number of aromatic amines is 1. The highest BCUT2D eigenvalue weighted by Gasteiger charge is 2.13. The highest BCUT2D eigenvalue weighted by molar-refractivity contribution is 14.1.